The third-order valence-corrected chi connectivity index (χ3v) is 2.56. The summed E-state index contributed by atoms with van der Waals surface area (Å²) in [5.41, 5.74) is 0. The number of rotatable bonds is 7. The van der Waals surface area contributed by atoms with E-state index in [4.69, 9.17) is 24.4 Å². The summed E-state index contributed by atoms with van der Waals surface area (Å²) < 4.78 is 25.3. The number of phosphoric ester groups is 1. The lowest BCUT2D eigenvalue weighted by Crippen LogP contribution is -2.24. The first-order chi connectivity index (χ1) is 8.46. The summed E-state index contributed by atoms with van der Waals surface area (Å²) in [5, 5.41) is 8.91. The Morgan fingerprint density at radius 1 is 1.28 bits per heavy atom. The average molecular weight is 278 g/mol. The highest BCUT2D eigenvalue weighted by Crippen LogP contribution is 2.37. The van der Waals surface area contributed by atoms with Crippen LogP contribution in [0.4, 0.5) is 0 Å². The second kappa shape index (κ2) is 6.72. The molecule has 0 aliphatic carbocycles. The molecule has 0 heterocycles. The van der Waals surface area contributed by atoms with Crippen molar-refractivity contribution in [2.24, 2.45) is 0 Å². The number of methoxy groups -OCH3 is 1. The highest BCUT2D eigenvalue weighted by Gasteiger charge is 2.22. The zero-order chi connectivity index (χ0) is 13.6. The van der Waals surface area contributed by atoms with E-state index in [0.29, 0.717) is 11.5 Å². The third kappa shape index (κ3) is 5.03. The minimum atomic E-state index is -4.65. The molecule has 1 aromatic carbocycles. The Morgan fingerprint density at radius 3 is 2.39 bits per heavy atom. The Labute approximate surface area is 104 Å². The van der Waals surface area contributed by atoms with Crippen molar-refractivity contribution in [1.82, 2.24) is 0 Å². The molecule has 3 N–H and O–H groups in total. The number of benzene rings is 1. The Hall–Kier alpha value is -1.11. The summed E-state index contributed by atoms with van der Waals surface area (Å²) in [5.74, 6) is 0.873. The van der Waals surface area contributed by atoms with Gasteiger partial charge in [0.1, 0.15) is 12.7 Å². The molecule has 1 rings (SSSR count). The number of hydrogen-bond acceptors (Lipinski definition) is 5. The first kappa shape index (κ1) is 14.9. The average Bonchev–Trinajstić information content (AvgIpc) is 2.33. The number of aliphatic hydroxyl groups excluding tert-OH is 1. The van der Waals surface area contributed by atoms with E-state index in [2.05, 4.69) is 4.52 Å². The molecular formula is C10H15O7P. The van der Waals surface area contributed by atoms with Gasteiger partial charge in [-0.1, -0.05) is 12.1 Å². The Morgan fingerprint density at radius 2 is 1.89 bits per heavy atom. The normalized spacial score (nSPS) is 13.1. The molecule has 0 aromatic heterocycles. The van der Waals surface area contributed by atoms with Crippen molar-refractivity contribution in [3.8, 4) is 11.5 Å². The maximum absolute atomic E-state index is 10.6. The SMILES string of the molecule is COc1ccccc1OCC(CO)OP(=O)(O)O. The minimum Gasteiger partial charge on any atom is -0.493 e. The molecule has 0 saturated carbocycles. The summed E-state index contributed by atoms with van der Waals surface area (Å²) in [6, 6.07) is 6.77. The van der Waals surface area contributed by atoms with E-state index >= 15 is 0 Å². The smallest absolute Gasteiger partial charge is 0.470 e. The minimum absolute atomic E-state index is 0.206. The van der Waals surface area contributed by atoms with Gasteiger partial charge in [0.15, 0.2) is 11.5 Å². The van der Waals surface area contributed by atoms with Crippen LogP contribution in [0.5, 0.6) is 11.5 Å². The first-order valence-corrected chi connectivity index (χ1v) is 6.60. The summed E-state index contributed by atoms with van der Waals surface area (Å²) >= 11 is 0. The lowest BCUT2D eigenvalue weighted by Gasteiger charge is -2.17. The number of para-hydroxylation sites is 2. The molecule has 8 heteroatoms. The van der Waals surface area contributed by atoms with Crippen molar-refractivity contribution in [2.45, 2.75) is 6.10 Å². The topological polar surface area (TPSA) is 105 Å². The third-order valence-electron chi connectivity index (χ3n) is 1.98. The molecule has 1 atom stereocenters. The molecule has 1 aromatic rings. The fraction of sp³-hybridized carbons (Fsp3) is 0.400. The number of ether oxygens (including phenoxy) is 2. The van der Waals surface area contributed by atoms with Crippen LogP contribution in [0.1, 0.15) is 0 Å². The van der Waals surface area contributed by atoms with Crippen LogP contribution in [-0.4, -0.2) is 41.3 Å². The standard InChI is InChI=1S/C10H15O7P/c1-15-9-4-2-3-5-10(9)16-7-8(6-11)17-18(12,13)14/h2-5,8,11H,6-7H2,1H3,(H2,12,13,14). The molecule has 0 aliphatic heterocycles. The molecule has 0 saturated heterocycles. The summed E-state index contributed by atoms with van der Waals surface area (Å²) in [6.07, 6.45) is -1.12. The van der Waals surface area contributed by atoms with Crippen LogP contribution in [0.15, 0.2) is 24.3 Å². The maximum atomic E-state index is 10.6. The van der Waals surface area contributed by atoms with Gasteiger partial charge in [-0.2, -0.15) is 0 Å². The van der Waals surface area contributed by atoms with Crippen LogP contribution < -0.4 is 9.47 Å². The van der Waals surface area contributed by atoms with Crippen molar-refractivity contribution in [2.75, 3.05) is 20.3 Å². The van der Waals surface area contributed by atoms with Gasteiger partial charge in [0, 0.05) is 0 Å². The van der Waals surface area contributed by atoms with E-state index in [-0.39, 0.29) is 6.61 Å². The molecule has 18 heavy (non-hydrogen) atoms. The monoisotopic (exact) mass is 278 g/mol. The van der Waals surface area contributed by atoms with E-state index in [0.717, 1.165) is 0 Å². The molecular weight excluding hydrogens is 263 g/mol. The van der Waals surface area contributed by atoms with E-state index in [9.17, 15) is 4.57 Å². The van der Waals surface area contributed by atoms with E-state index in [1.165, 1.54) is 7.11 Å². The van der Waals surface area contributed by atoms with Crippen molar-refractivity contribution < 1.29 is 33.5 Å². The Kier molecular flexibility index (Phi) is 5.58. The van der Waals surface area contributed by atoms with Crippen molar-refractivity contribution in [1.29, 1.82) is 0 Å². The van der Waals surface area contributed by atoms with Crippen LogP contribution in [-0.2, 0) is 9.09 Å². The van der Waals surface area contributed by atoms with Gasteiger partial charge in [-0.15, -0.1) is 0 Å². The van der Waals surface area contributed by atoms with E-state index in [1.807, 2.05) is 0 Å². The molecule has 7 nitrogen and oxygen atoms in total. The van der Waals surface area contributed by atoms with E-state index < -0.39 is 20.5 Å². The van der Waals surface area contributed by atoms with Gasteiger partial charge in [0.05, 0.1) is 13.7 Å². The summed E-state index contributed by atoms with van der Waals surface area (Å²) in [4.78, 5) is 17.2. The predicted octanol–water partition coefficient (Wildman–Crippen LogP) is 0.544. The lowest BCUT2D eigenvalue weighted by atomic mass is 10.3. The van der Waals surface area contributed by atoms with Crippen LogP contribution in [0.25, 0.3) is 0 Å². The van der Waals surface area contributed by atoms with Gasteiger partial charge in [-0.3, -0.25) is 4.52 Å². The van der Waals surface area contributed by atoms with Gasteiger partial charge in [0.25, 0.3) is 0 Å². The van der Waals surface area contributed by atoms with Crippen LogP contribution in [0.3, 0.4) is 0 Å². The van der Waals surface area contributed by atoms with Crippen molar-refractivity contribution in [3.63, 3.8) is 0 Å². The summed E-state index contributed by atoms with van der Waals surface area (Å²) in [6.45, 7) is -0.776. The van der Waals surface area contributed by atoms with Crippen molar-refractivity contribution >= 4 is 7.82 Å². The highest BCUT2D eigenvalue weighted by atomic mass is 31.2. The molecule has 1 unspecified atom stereocenters. The number of hydrogen-bond donors (Lipinski definition) is 3. The first-order valence-electron chi connectivity index (χ1n) is 5.07. The zero-order valence-corrected chi connectivity index (χ0v) is 10.6. The number of aliphatic hydroxyl groups is 1. The Balaban J connectivity index is 2.60. The Bertz CT molecular complexity index is 416. The molecule has 0 radical (unpaired) electrons. The summed E-state index contributed by atoms with van der Waals surface area (Å²) in [7, 11) is -3.18. The lowest BCUT2D eigenvalue weighted by molar-refractivity contribution is 0.0458. The van der Waals surface area contributed by atoms with Gasteiger partial charge < -0.3 is 24.4 Å². The quantitative estimate of drug-likeness (QED) is 0.625. The number of phosphoric acid groups is 1. The zero-order valence-electron chi connectivity index (χ0n) is 9.72. The van der Waals surface area contributed by atoms with Crippen LogP contribution >= 0.6 is 7.82 Å². The molecule has 0 aliphatic rings. The van der Waals surface area contributed by atoms with Gasteiger partial charge >= 0.3 is 7.82 Å². The van der Waals surface area contributed by atoms with Crippen LogP contribution in [0.2, 0.25) is 0 Å². The van der Waals surface area contributed by atoms with E-state index in [1.54, 1.807) is 24.3 Å². The second-order valence-electron chi connectivity index (χ2n) is 3.36. The predicted molar refractivity (Wildman–Crippen MR) is 62.5 cm³/mol. The molecule has 0 bridgehead atoms. The largest absolute Gasteiger partial charge is 0.493 e. The molecule has 0 spiro atoms. The van der Waals surface area contributed by atoms with Crippen molar-refractivity contribution in [3.05, 3.63) is 24.3 Å². The van der Waals surface area contributed by atoms with Gasteiger partial charge in [-0.05, 0) is 12.1 Å². The maximum Gasteiger partial charge on any atom is 0.470 e. The fourth-order valence-electron chi connectivity index (χ4n) is 1.23. The molecule has 0 fully saturated rings. The fourth-order valence-corrected chi connectivity index (χ4v) is 1.75. The highest BCUT2D eigenvalue weighted by molar-refractivity contribution is 7.46. The van der Waals surface area contributed by atoms with Gasteiger partial charge in [0.2, 0.25) is 0 Å². The molecule has 0 amide bonds. The second-order valence-corrected chi connectivity index (χ2v) is 4.55. The van der Waals surface area contributed by atoms with Gasteiger partial charge in [-0.25, -0.2) is 4.57 Å². The van der Waals surface area contributed by atoms with Crippen LogP contribution in [0, 0.1) is 0 Å². The molecule has 102 valence electrons.